The standard InChI is InChI=1S/C12H13N5S2/c1-8(12-14-16-17-15-12)13-6-10-5-9(7-19-10)11-3-2-4-18-11/h2-5,7-8,13H,6H2,1H3,(H,14,15,16,17). The Labute approximate surface area is 118 Å². The lowest BCUT2D eigenvalue weighted by Crippen LogP contribution is -2.18. The molecule has 0 aliphatic heterocycles. The fraction of sp³-hybridized carbons (Fsp3) is 0.250. The molecule has 0 spiro atoms. The number of nitrogens with zero attached hydrogens (tertiary/aromatic N) is 3. The Morgan fingerprint density at radius 2 is 2.37 bits per heavy atom. The lowest BCUT2D eigenvalue weighted by molar-refractivity contribution is 0.550. The van der Waals surface area contributed by atoms with Crippen molar-refractivity contribution < 1.29 is 0 Å². The molecule has 1 atom stereocenters. The molecule has 0 amide bonds. The number of nitrogens with one attached hydrogen (secondary N) is 2. The van der Waals surface area contributed by atoms with Crippen LogP contribution in [0.4, 0.5) is 0 Å². The van der Waals surface area contributed by atoms with E-state index in [0.29, 0.717) is 5.82 Å². The molecule has 3 rings (SSSR count). The van der Waals surface area contributed by atoms with Crippen LogP contribution in [-0.4, -0.2) is 20.6 Å². The molecule has 3 heterocycles. The Bertz CT molecular complexity index is 614. The van der Waals surface area contributed by atoms with Gasteiger partial charge in [0.25, 0.3) is 0 Å². The number of hydrogen-bond donors (Lipinski definition) is 2. The zero-order valence-corrected chi connectivity index (χ0v) is 12.0. The van der Waals surface area contributed by atoms with E-state index in [1.54, 1.807) is 22.7 Å². The van der Waals surface area contributed by atoms with Gasteiger partial charge < -0.3 is 5.32 Å². The molecular weight excluding hydrogens is 278 g/mol. The summed E-state index contributed by atoms with van der Waals surface area (Å²) in [6, 6.07) is 6.54. The van der Waals surface area contributed by atoms with Gasteiger partial charge in [0.15, 0.2) is 5.82 Å². The van der Waals surface area contributed by atoms with Gasteiger partial charge in [0.05, 0.1) is 6.04 Å². The minimum Gasteiger partial charge on any atom is -0.302 e. The van der Waals surface area contributed by atoms with Gasteiger partial charge in [0.1, 0.15) is 0 Å². The number of aromatic amines is 1. The van der Waals surface area contributed by atoms with Crippen molar-refractivity contribution in [2.24, 2.45) is 0 Å². The van der Waals surface area contributed by atoms with Crippen molar-refractivity contribution in [1.29, 1.82) is 0 Å². The molecule has 0 aliphatic carbocycles. The van der Waals surface area contributed by atoms with E-state index in [0.717, 1.165) is 6.54 Å². The molecule has 5 nitrogen and oxygen atoms in total. The first-order valence-corrected chi connectivity index (χ1v) is 7.67. The van der Waals surface area contributed by atoms with Gasteiger partial charge in [-0.25, -0.2) is 0 Å². The Morgan fingerprint density at radius 3 is 3.11 bits per heavy atom. The molecule has 3 aromatic rings. The van der Waals surface area contributed by atoms with E-state index in [2.05, 4.69) is 54.9 Å². The Hall–Kier alpha value is -1.57. The molecule has 98 valence electrons. The average molecular weight is 291 g/mol. The molecule has 0 aromatic carbocycles. The predicted molar refractivity (Wildman–Crippen MR) is 77.1 cm³/mol. The van der Waals surface area contributed by atoms with E-state index in [1.165, 1.54) is 15.3 Å². The molecule has 0 radical (unpaired) electrons. The Balaban J connectivity index is 1.62. The summed E-state index contributed by atoms with van der Waals surface area (Å²) in [6.45, 7) is 2.84. The topological polar surface area (TPSA) is 66.5 Å². The highest BCUT2D eigenvalue weighted by Gasteiger charge is 2.10. The van der Waals surface area contributed by atoms with Crippen molar-refractivity contribution in [3.63, 3.8) is 0 Å². The van der Waals surface area contributed by atoms with Crippen molar-refractivity contribution in [3.8, 4) is 10.4 Å². The highest BCUT2D eigenvalue weighted by atomic mass is 32.1. The summed E-state index contributed by atoms with van der Waals surface area (Å²) >= 11 is 3.53. The van der Waals surface area contributed by atoms with Crippen LogP contribution in [0.3, 0.4) is 0 Å². The monoisotopic (exact) mass is 291 g/mol. The summed E-state index contributed by atoms with van der Waals surface area (Å²) in [5, 5.41) is 21.7. The van der Waals surface area contributed by atoms with Gasteiger partial charge in [-0.1, -0.05) is 11.3 Å². The van der Waals surface area contributed by atoms with E-state index < -0.39 is 0 Å². The summed E-state index contributed by atoms with van der Waals surface area (Å²) in [4.78, 5) is 2.62. The summed E-state index contributed by atoms with van der Waals surface area (Å²) in [6.07, 6.45) is 0. The molecule has 3 aromatic heterocycles. The fourth-order valence-electron chi connectivity index (χ4n) is 1.74. The van der Waals surface area contributed by atoms with E-state index in [4.69, 9.17) is 0 Å². The molecule has 1 unspecified atom stereocenters. The largest absolute Gasteiger partial charge is 0.302 e. The first kappa shape index (κ1) is 12.5. The van der Waals surface area contributed by atoms with E-state index in [1.807, 2.05) is 6.92 Å². The van der Waals surface area contributed by atoms with Crippen LogP contribution in [0.2, 0.25) is 0 Å². The zero-order valence-electron chi connectivity index (χ0n) is 10.3. The van der Waals surface area contributed by atoms with Crippen LogP contribution in [0, 0.1) is 0 Å². The number of thiophene rings is 2. The lowest BCUT2D eigenvalue weighted by Gasteiger charge is -2.07. The zero-order chi connectivity index (χ0) is 13.1. The lowest BCUT2D eigenvalue weighted by atomic mass is 10.2. The number of H-pyrrole nitrogens is 1. The third kappa shape index (κ3) is 2.89. The summed E-state index contributed by atoms with van der Waals surface area (Å²) in [5.41, 5.74) is 1.30. The van der Waals surface area contributed by atoms with E-state index in [-0.39, 0.29) is 6.04 Å². The van der Waals surface area contributed by atoms with Crippen LogP contribution in [0.1, 0.15) is 23.7 Å². The van der Waals surface area contributed by atoms with Crippen LogP contribution in [0.25, 0.3) is 10.4 Å². The van der Waals surface area contributed by atoms with E-state index >= 15 is 0 Å². The molecule has 0 saturated heterocycles. The van der Waals surface area contributed by atoms with Crippen LogP contribution in [-0.2, 0) is 6.54 Å². The van der Waals surface area contributed by atoms with Crippen molar-refractivity contribution >= 4 is 22.7 Å². The second-order valence-corrected chi connectivity index (χ2v) is 6.10. The highest BCUT2D eigenvalue weighted by molar-refractivity contribution is 7.14. The number of tetrazole rings is 1. The molecule has 0 saturated carbocycles. The summed E-state index contributed by atoms with van der Waals surface area (Å²) in [7, 11) is 0. The second kappa shape index (κ2) is 5.60. The number of rotatable bonds is 5. The minimum absolute atomic E-state index is 0.0889. The van der Waals surface area contributed by atoms with Gasteiger partial charge in [-0.2, -0.15) is 5.21 Å². The maximum absolute atomic E-state index is 3.97. The third-order valence-corrected chi connectivity index (χ3v) is 4.65. The first-order valence-electron chi connectivity index (χ1n) is 5.91. The van der Waals surface area contributed by atoms with Crippen LogP contribution >= 0.6 is 22.7 Å². The van der Waals surface area contributed by atoms with Crippen molar-refractivity contribution in [2.45, 2.75) is 19.5 Å². The molecule has 19 heavy (non-hydrogen) atoms. The predicted octanol–water partition coefficient (Wildman–Crippen LogP) is 2.84. The van der Waals surface area contributed by atoms with Gasteiger partial charge in [-0.3, -0.25) is 0 Å². The van der Waals surface area contributed by atoms with Gasteiger partial charge in [-0.15, -0.1) is 32.9 Å². The minimum atomic E-state index is 0.0889. The number of hydrogen-bond acceptors (Lipinski definition) is 6. The second-order valence-electron chi connectivity index (χ2n) is 4.15. The van der Waals surface area contributed by atoms with Crippen LogP contribution in [0.15, 0.2) is 29.0 Å². The quantitative estimate of drug-likeness (QED) is 0.758. The number of aromatic nitrogens is 4. The van der Waals surface area contributed by atoms with E-state index in [9.17, 15) is 0 Å². The van der Waals surface area contributed by atoms with Gasteiger partial charge in [0.2, 0.25) is 0 Å². The normalized spacial score (nSPS) is 12.7. The van der Waals surface area contributed by atoms with Crippen molar-refractivity contribution in [3.05, 3.63) is 39.7 Å². The molecule has 0 fully saturated rings. The Kier molecular flexibility index (Phi) is 3.67. The van der Waals surface area contributed by atoms with Gasteiger partial charge in [0, 0.05) is 21.9 Å². The molecular formula is C12H13N5S2. The molecule has 7 heteroatoms. The van der Waals surface area contributed by atoms with Crippen LogP contribution in [0.5, 0.6) is 0 Å². The maximum atomic E-state index is 3.97. The average Bonchev–Trinajstić information content (AvgIpc) is 3.14. The molecule has 0 bridgehead atoms. The van der Waals surface area contributed by atoms with Crippen LogP contribution < -0.4 is 5.32 Å². The summed E-state index contributed by atoms with van der Waals surface area (Å²) in [5.74, 6) is 0.690. The van der Waals surface area contributed by atoms with Gasteiger partial charge >= 0.3 is 0 Å². The van der Waals surface area contributed by atoms with Gasteiger partial charge in [-0.05, 0) is 29.8 Å². The molecule has 0 aliphatic rings. The Morgan fingerprint density at radius 1 is 1.42 bits per heavy atom. The SMILES string of the molecule is CC(NCc1cc(-c2cccs2)cs1)c1nn[nH]n1. The van der Waals surface area contributed by atoms with Crippen molar-refractivity contribution in [2.75, 3.05) is 0 Å². The highest BCUT2D eigenvalue weighted by Crippen LogP contribution is 2.29. The molecule has 2 N–H and O–H groups in total. The fourth-order valence-corrected chi connectivity index (χ4v) is 3.37. The third-order valence-electron chi connectivity index (χ3n) is 2.79. The maximum Gasteiger partial charge on any atom is 0.191 e. The summed E-state index contributed by atoms with van der Waals surface area (Å²) < 4.78 is 0. The van der Waals surface area contributed by atoms with Crippen molar-refractivity contribution in [1.82, 2.24) is 25.9 Å². The first-order chi connectivity index (χ1) is 9.33. The smallest absolute Gasteiger partial charge is 0.191 e.